The minimum atomic E-state index is 0.101. The molecule has 1 aliphatic carbocycles. The smallest absolute Gasteiger partial charge is 0.191 e. The number of guanidine groups is 1. The molecule has 0 unspecified atom stereocenters. The average molecular weight is 415 g/mol. The van der Waals surface area contributed by atoms with Crippen molar-refractivity contribution in [2.75, 3.05) is 26.8 Å². The van der Waals surface area contributed by atoms with Crippen LogP contribution in [0.15, 0.2) is 29.4 Å². The molecule has 2 heterocycles. The van der Waals surface area contributed by atoms with Gasteiger partial charge in [0.1, 0.15) is 18.2 Å². The van der Waals surface area contributed by atoms with Crippen LogP contribution in [0.3, 0.4) is 0 Å². The van der Waals surface area contributed by atoms with Gasteiger partial charge in [-0.05, 0) is 37.0 Å². The Labute approximate surface area is 176 Å². The highest BCUT2D eigenvalue weighted by Crippen LogP contribution is 2.43. The van der Waals surface area contributed by atoms with Gasteiger partial charge in [-0.25, -0.2) is 4.98 Å². The Kier molecular flexibility index (Phi) is 6.23. The van der Waals surface area contributed by atoms with Crippen LogP contribution in [0.2, 0.25) is 0 Å². The lowest BCUT2D eigenvalue weighted by Gasteiger charge is -2.32. The molecule has 6 nitrogen and oxygen atoms in total. The fourth-order valence-electron chi connectivity index (χ4n) is 4.22. The molecule has 1 aromatic heterocycles. The molecule has 156 valence electrons. The number of benzene rings is 1. The summed E-state index contributed by atoms with van der Waals surface area (Å²) in [5.74, 6) is 2.55. The number of fused-ring (bicyclic) bond motifs is 1. The van der Waals surface area contributed by atoms with Crippen molar-refractivity contribution in [3.63, 3.8) is 0 Å². The van der Waals surface area contributed by atoms with Gasteiger partial charge >= 0.3 is 0 Å². The van der Waals surface area contributed by atoms with Gasteiger partial charge in [0.2, 0.25) is 0 Å². The lowest BCUT2D eigenvalue weighted by Crippen LogP contribution is -2.44. The number of thiazole rings is 1. The first-order chi connectivity index (χ1) is 14.2. The largest absolute Gasteiger partial charge is 0.486 e. The molecule has 0 saturated heterocycles. The van der Waals surface area contributed by atoms with Crippen LogP contribution in [0.4, 0.5) is 0 Å². The van der Waals surface area contributed by atoms with Crippen LogP contribution in [0.5, 0.6) is 11.5 Å². The number of hydrogen-bond donors (Lipinski definition) is 2. The molecule has 1 aliphatic heterocycles. The maximum Gasteiger partial charge on any atom is 0.191 e. The number of aromatic nitrogens is 1. The van der Waals surface area contributed by atoms with Gasteiger partial charge in [0, 0.05) is 30.1 Å². The lowest BCUT2D eigenvalue weighted by molar-refractivity contribution is 0.171. The van der Waals surface area contributed by atoms with Gasteiger partial charge in [-0.1, -0.05) is 25.8 Å². The van der Waals surface area contributed by atoms with Crippen molar-refractivity contribution in [1.82, 2.24) is 15.6 Å². The Morgan fingerprint density at radius 1 is 1.17 bits per heavy atom. The first kappa shape index (κ1) is 20.0. The number of aryl methyl sites for hydroxylation is 1. The van der Waals surface area contributed by atoms with Gasteiger partial charge in [0.15, 0.2) is 17.5 Å². The van der Waals surface area contributed by atoms with Crippen molar-refractivity contribution in [3.05, 3.63) is 39.8 Å². The highest BCUT2D eigenvalue weighted by molar-refractivity contribution is 7.11. The van der Waals surface area contributed by atoms with Crippen LogP contribution in [0.1, 0.15) is 48.1 Å². The molecule has 0 radical (unpaired) electrons. The standard InChI is InChI=1S/C22H30N4O2S/c1-3-17-13-24-20(29-17)14-25-21(23-2)26-15-22(8-4-5-9-22)16-6-7-18-19(12-16)28-11-10-27-18/h6-7,12-13H,3-5,8-11,14-15H2,1-2H3,(H2,23,25,26). The van der Waals surface area contributed by atoms with Gasteiger partial charge in [-0.2, -0.15) is 0 Å². The van der Waals surface area contributed by atoms with E-state index in [1.165, 1.54) is 36.1 Å². The summed E-state index contributed by atoms with van der Waals surface area (Å²) in [6.07, 6.45) is 7.84. The fraction of sp³-hybridized carbons (Fsp3) is 0.545. The van der Waals surface area contributed by atoms with E-state index in [0.29, 0.717) is 19.8 Å². The molecular weight excluding hydrogens is 384 g/mol. The molecule has 0 atom stereocenters. The van der Waals surface area contributed by atoms with Crippen LogP contribution in [-0.2, 0) is 18.4 Å². The number of ether oxygens (including phenoxy) is 2. The Morgan fingerprint density at radius 2 is 1.97 bits per heavy atom. The summed E-state index contributed by atoms with van der Waals surface area (Å²) < 4.78 is 11.5. The highest BCUT2D eigenvalue weighted by Gasteiger charge is 2.36. The second-order valence-electron chi connectivity index (χ2n) is 7.70. The van der Waals surface area contributed by atoms with Crippen molar-refractivity contribution >= 4 is 17.3 Å². The molecule has 0 amide bonds. The fourth-order valence-corrected chi connectivity index (χ4v) is 5.02. The van der Waals surface area contributed by atoms with E-state index in [4.69, 9.17) is 9.47 Å². The van der Waals surface area contributed by atoms with E-state index in [1.54, 1.807) is 11.3 Å². The van der Waals surface area contributed by atoms with Crippen molar-refractivity contribution in [3.8, 4) is 11.5 Å². The summed E-state index contributed by atoms with van der Waals surface area (Å²) >= 11 is 1.76. The number of nitrogens with zero attached hydrogens (tertiary/aromatic N) is 2. The molecule has 2 N–H and O–H groups in total. The van der Waals surface area contributed by atoms with Crippen molar-refractivity contribution in [2.45, 2.75) is 51.0 Å². The van der Waals surface area contributed by atoms with Crippen molar-refractivity contribution in [2.24, 2.45) is 4.99 Å². The van der Waals surface area contributed by atoms with Crippen LogP contribution in [0, 0.1) is 0 Å². The second kappa shape index (κ2) is 9.03. The third-order valence-electron chi connectivity index (χ3n) is 5.89. The normalized spacial score (nSPS) is 17.9. The molecule has 1 saturated carbocycles. The molecule has 2 aromatic rings. The van der Waals surface area contributed by atoms with Crippen LogP contribution < -0.4 is 20.1 Å². The SMILES string of the molecule is CCc1cnc(CNC(=NC)NCC2(c3ccc4c(c3)OCCO4)CCCC2)s1. The van der Waals surface area contributed by atoms with E-state index in [9.17, 15) is 0 Å². The number of aliphatic imine (C=N–C) groups is 1. The van der Waals surface area contributed by atoms with Gasteiger partial charge in [-0.3, -0.25) is 4.99 Å². The summed E-state index contributed by atoms with van der Waals surface area (Å²) in [5, 5.41) is 8.06. The molecule has 0 bridgehead atoms. The van der Waals surface area contributed by atoms with Crippen LogP contribution in [-0.4, -0.2) is 37.7 Å². The first-order valence-corrected chi connectivity index (χ1v) is 11.3. The zero-order chi connectivity index (χ0) is 20.1. The Hall–Kier alpha value is -2.28. The zero-order valence-electron chi connectivity index (χ0n) is 17.3. The summed E-state index contributed by atoms with van der Waals surface area (Å²) in [5.41, 5.74) is 1.43. The molecule has 0 spiro atoms. The van der Waals surface area contributed by atoms with E-state index in [0.717, 1.165) is 35.4 Å². The van der Waals surface area contributed by atoms with E-state index < -0.39 is 0 Å². The van der Waals surface area contributed by atoms with E-state index in [1.807, 2.05) is 13.2 Å². The van der Waals surface area contributed by atoms with Crippen LogP contribution >= 0.6 is 11.3 Å². The quantitative estimate of drug-likeness (QED) is 0.558. The molecule has 29 heavy (non-hydrogen) atoms. The molecule has 1 fully saturated rings. The van der Waals surface area contributed by atoms with Crippen molar-refractivity contribution in [1.29, 1.82) is 0 Å². The summed E-state index contributed by atoms with van der Waals surface area (Å²) in [7, 11) is 1.82. The maximum absolute atomic E-state index is 5.83. The number of hydrogen-bond acceptors (Lipinski definition) is 5. The topological polar surface area (TPSA) is 67.8 Å². The summed E-state index contributed by atoms with van der Waals surface area (Å²) in [6, 6.07) is 6.45. The van der Waals surface area contributed by atoms with Gasteiger partial charge in [0.05, 0.1) is 6.54 Å². The summed E-state index contributed by atoms with van der Waals surface area (Å²) in [4.78, 5) is 10.2. The van der Waals surface area contributed by atoms with E-state index >= 15 is 0 Å². The summed E-state index contributed by atoms with van der Waals surface area (Å²) in [6.45, 7) is 4.95. The minimum Gasteiger partial charge on any atom is -0.486 e. The maximum atomic E-state index is 5.83. The van der Waals surface area contributed by atoms with E-state index in [2.05, 4.69) is 45.7 Å². The molecule has 4 rings (SSSR count). The predicted molar refractivity (Wildman–Crippen MR) is 117 cm³/mol. The third kappa shape index (κ3) is 4.50. The number of nitrogens with one attached hydrogen (secondary N) is 2. The number of rotatable bonds is 6. The first-order valence-electron chi connectivity index (χ1n) is 10.5. The lowest BCUT2D eigenvalue weighted by atomic mass is 9.78. The predicted octanol–water partition coefficient (Wildman–Crippen LogP) is 3.65. The van der Waals surface area contributed by atoms with Crippen LogP contribution in [0.25, 0.3) is 0 Å². The van der Waals surface area contributed by atoms with Gasteiger partial charge in [0.25, 0.3) is 0 Å². The average Bonchev–Trinajstić information content (AvgIpc) is 3.44. The van der Waals surface area contributed by atoms with Gasteiger partial charge < -0.3 is 20.1 Å². The Morgan fingerprint density at radius 3 is 2.69 bits per heavy atom. The third-order valence-corrected chi connectivity index (χ3v) is 7.03. The molecule has 1 aromatic carbocycles. The van der Waals surface area contributed by atoms with Gasteiger partial charge in [-0.15, -0.1) is 11.3 Å². The molecule has 2 aliphatic rings. The van der Waals surface area contributed by atoms with E-state index in [-0.39, 0.29) is 5.41 Å². The molecular formula is C22H30N4O2S. The Bertz CT molecular complexity index is 858. The monoisotopic (exact) mass is 414 g/mol. The highest BCUT2D eigenvalue weighted by atomic mass is 32.1. The minimum absolute atomic E-state index is 0.101. The Balaban J connectivity index is 1.42. The zero-order valence-corrected chi connectivity index (χ0v) is 18.1. The van der Waals surface area contributed by atoms with Crippen molar-refractivity contribution < 1.29 is 9.47 Å². The second-order valence-corrected chi connectivity index (χ2v) is 8.90. The molecule has 7 heteroatoms.